The number of aromatic hydroxyl groups is 1. The number of rotatable bonds is 5. The second kappa shape index (κ2) is 7.13. The van der Waals surface area contributed by atoms with Crippen LogP contribution in [0.2, 0.25) is 0 Å². The van der Waals surface area contributed by atoms with Gasteiger partial charge in [0.05, 0.1) is 25.1 Å². The number of ether oxygens (including phenoxy) is 2. The molecular weight excluding hydrogens is 352 g/mol. The lowest BCUT2D eigenvalue weighted by Crippen LogP contribution is -2.34. The maximum Gasteiger partial charge on any atom is 0.230 e. The van der Waals surface area contributed by atoms with Gasteiger partial charge in [0.1, 0.15) is 17.8 Å². The van der Waals surface area contributed by atoms with Crippen LogP contribution in [0.4, 0.5) is 0 Å². The molecule has 8 heteroatoms. The number of piperidine rings is 1. The number of fused-ring (bicyclic) bond motifs is 1. The van der Waals surface area contributed by atoms with Gasteiger partial charge in [-0.05, 0) is 43.6 Å². The molecule has 0 saturated carbocycles. The summed E-state index contributed by atoms with van der Waals surface area (Å²) in [7, 11) is 3.30. The molecule has 26 heavy (non-hydrogen) atoms. The van der Waals surface area contributed by atoms with Crippen LogP contribution < -0.4 is 9.47 Å². The zero-order chi connectivity index (χ0) is 18.1. The van der Waals surface area contributed by atoms with Crippen molar-refractivity contribution in [3.63, 3.8) is 0 Å². The van der Waals surface area contributed by atoms with Crippen LogP contribution in [0, 0.1) is 0 Å². The third-order valence-electron chi connectivity index (χ3n) is 4.83. The number of aromatic nitrogens is 3. The summed E-state index contributed by atoms with van der Waals surface area (Å²) in [5, 5.41) is 14.9. The monoisotopic (exact) mass is 374 g/mol. The highest BCUT2D eigenvalue weighted by atomic mass is 32.1. The Morgan fingerprint density at radius 2 is 1.77 bits per heavy atom. The van der Waals surface area contributed by atoms with E-state index in [0.717, 1.165) is 47.9 Å². The number of methoxy groups -OCH3 is 2. The first-order valence-corrected chi connectivity index (χ1v) is 9.51. The first-order chi connectivity index (χ1) is 12.7. The number of thiazole rings is 1. The van der Waals surface area contributed by atoms with Gasteiger partial charge in [0.15, 0.2) is 0 Å². The maximum absolute atomic E-state index is 10.8. The first kappa shape index (κ1) is 17.1. The Hall–Kier alpha value is -2.32. The number of likely N-dealkylation sites (tertiary alicyclic amines) is 1. The van der Waals surface area contributed by atoms with Crippen LogP contribution in [0.1, 0.15) is 35.7 Å². The molecule has 0 radical (unpaired) electrons. The minimum Gasteiger partial charge on any atom is -0.497 e. The van der Waals surface area contributed by atoms with E-state index < -0.39 is 0 Å². The molecule has 1 aliphatic heterocycles. The second-order valence-electron chi connectivity index (χ2n) is 6.39. The summed E-state index contributed by atoms with van der Waals surface area (Å²) in [6, 6.07) is 5.79. The highest BCUT2D eigenvalue weighted by molar-refractivity contribution is 7.17. The predicted octanol–water partition coefficient (Wildman–Crippen LogP) is 3.09. The van der Waals surface area contributed by atoms with Crippen LogP contribution in [-0.2, 0) is 0 Å². The van der Waals surface area contributed by atoms with Crippen molar-refractivity contribution >= 4 is 16.3 Å². The van der Waals surface area contributed by atoms with E-state index in [1.165, 1.54) is 28.6 Å². The van der Waals surface area contributed by atoms with Crippen LogP contribution in [0.25, 0.3) is 4.96 Å². The smallest absolute Gasteiger partial charge is 0.230 e. The summed E-state index contributed by atoms with van der Waals surface area (Å²) in [6.45, 7) is 1.97. The lowest BCUT2D eigenvalue weighted by molar-refractivity contribution is 0.186. The number of benzene rings is 1. The predicted molar refractivity (Wildman–Crippen MR) is 99.3 cm³/mol. The van der Waals surface area contributed by atoms with Crippen molar-refractivity contribution in [1.82, 2.24) is 19.5 Å². The molecule has 0 unspecified atom stereocenters. The van der Waals surface area contributed by atoms with Crippen LogP contribution in [-0.4, -0.2) is 51.9 Å². The van der Waals surface area contributed by atoms with Gasteiger partial charge in [-0.15, -0.1) is 0 Å². The van der Waals surface area contributed by atoms with E-state index in [9.17, 15) is 5.11 Å². The molecular formula is C18H22N4O3S. The van der Waals surface area contributed by atoms with E-state index in [4.69, 9.17) is 9.47 Å². The number of hydrogen-bond donors (Lipinski definition) is 1. The lowest BCUT2D eigenvalue weighted by Gasteiger charge is -2.34. The average Bonchev–Trinajstić information content (AvgIpc) is 3.26. The molecule has 0 bridgehead atoms. The summed E-state index contributed by atoms with van der Waals surface area (Å²) in [5.74, 6) is 1.63. The molecule has 0 amide bonds. The van der Waals surface area contributed by atoms with E-state index in [1.54, 1.807) is 14.2 Å². The zero-order valence-corrected chi connectivity index (χ0v) is 15.7. The molecule has 0 aliphatic carbocycles. The fourth-order valence-corrected chi connectivity index (χ4v) is 4.66. The Bertz CT molecular complexity index is 879. The van der Waals surface area contributed by atoms with Crippen molar-refractivity contribution in [2.75, 3.05) is 27.3 Å². The minimum absolute atomic E-state index is 0.0900. The molecule has 3 heterocycles. The second-order valence-corrected chi connectivity index (χ2v) is 7.40. The van der Waals surface area contributed by atoms with Gasteiger partial charge in [0, 0.05) is 6.07 Å². The van der Waals surface area contributed by atoms with E-state index in [1.807, 2.05) is 18.2 Å². The average molecular weight is 374 g/mol. The van der Waals surface area contributed by atoms with Gasteiger partial charge in [-0.25, -0.2) is 4.98 Å². The molecule has 1 aliphatic rings. The summed E-state index contributed by atoms with van der Waals surface area (Å²) in [4.78, 5) is 8.17. The quantitative estimate of drug-likeness (QED) is 0.740. The van der Waals surface area contributed by atoms with Gasteiger partial charge in [-0.1, -0.05) is 17.8 Å². The molecule has 0 spiro atoms. The van der Waals surface area contributed by atoms with E-state index >= 15 is 0 Å². The molecule has 1 atom stereocenters. The Labute approximate surface area is 155 Å². The normalized spacial score (nSPS) is 16.7. The maximum atomic E-state index is 10.8. The molecule has 7 nitrogen and oxygen atoms in total. The first-order valence-electron chi connectivity index (χ1n) is 8.69. The summed E-state index contributed by atoms with van der Waals surface area (Å²) >= 11 is 1.47. The third-order valence-corrected chi connectivity index (χ3v) is 5.92. The standard InChI is InChI=1S/C18H22N4O3S/c1-24-13-8-12(9-14(10-13)25-2)15(21-6-4-3-5-7-21)16-17(23)22-18(26-16)19-11-20-22/h8-11,15,23H,3-7H2,1-2H3/t15-/m1/s1. The fourth-order valence-electron chi connectivity index (χ4n) is 3.56. The lowest BCUT2D eigenvalue weighted by atomic mass is 9.99. The van der Waals surface area contributed by atoms with Crippen LogP contribution in [0.3, 0.4) is 0 Å². The van der Waals surface area contributed by atoms with Crippen molar-refractivity contribution < 1.29 is 14.6 Å². The Balaban J connectivity index is 1.85. The van der Waals surface area contributed by atoms with Crippen LogP contribution in [0.5, 0.6) is 17.4 Å². The van der Waals surface area contributed by atoms with Crippen molar-refractivity contribution in [2.24, 2.45) is 0 Å². The zero-order valence-electron chi connectivity index (χ0n) is 14.9. The molecule has 3 aromatic rings. The third kappa shape index (κ3) is 2.99. The van der Waals surface area contributed by atoms with Crippen LogP contribution >= 0.6 is 11.3 Å². The highest BCUT2D eigenvalue weighted by Crippen LogP contribution is 2.42. The van der Waals surface area contributed by atoms with Gasteiger partial charge >= 0.3 is 0 Å². The van der Waals surface area contributed by atoms with Crippen molar-refractivity contribution in [3.05, 3.63) is 35.0 Å². The summed E-state index contributed by atoms with van der Waals surface area (Å²) < 4.78 is 12.4. The highest BCUT2D eigenvalue weighted by Gasteiger charge is 2.30. The Kier molecular flexibility index (Phi) is 4.69. The van der Waals surface area contributed by atoms with Gasteiger partial charge in [0.25, 0.3) is 0 Å². The molecule has 1 saturated heterocycles. The largest absolute Gasteiger partial charge is 0.497 e. The van der Waals surface area contributed by atoms with E-state index in [0.29, 0.717) is 4.96 Å². The SMILES string of the molecule is COc1cc(OC)cc([C@H](c2sc3ncnn3c2O)N2CCCCC2)c1. The van der Waals surface area contributed by atoms with Crippen molar-refractivity contribution in [3.8, 4) is 17.4 Å². The summed E-state index contributed by atoms with van der Waals surface area (Å²) in [5.41, 5.74) is 1.03. The minimum atomic E-state index is -0.0900. The topological polar surface area (TPSA) is 72.1 Å². The van der Waals surface area contributed by atoms with Gasteiger partial charge in [-0.2, -0.15) is 9.61 Å². The van der Waals surface area contributed by atoms with Crippen LogP contribution in [0.15, 0.2) is 24.5 Å². The molecule has 4 rings (SSSR count). The molecule has 1 fully saturated rings. The van der Waals surface area contributed by atoms with Gasteiger partial charge in [0.2, 0.25) is 10.8 Å². The van der Waals surface area contributed by atoms with E-state index in [2.05, 4.69) is 15.0 Å². The summed E-state index contributed by atoms with van der Waals surface area (Å²) in [6.07, 6.45) is 5.00. The number of hydrogen-bond acceptors (Lipinski definition) is 7. The van der Waals surface area contributed by atoms with E-state index in [-0.39, 0.29) is 11.9 Å². The van der Waals surface area contributed by atoms with Crippen molar-refractivity contribution in [2.45, 2.75) is 25.3 Å². The molecule has 2 aromatic heterocycles. The van der Waals surface area contributed by atoms with Gasteiger partial charge < -0.3 is 14.6 Å². The van der Waals surface area contributed by atoms with Gasteiger partial charge in [-0.3, -0.25) is 4.90 Å². The van der Waals surface area contributed by atoms with Crippen molar-refractivity contribution in [1.29, 1.82) is 0 Å². The fraction of sp³-hybridized carbons (Fsp3) is 0.444. The Morgan fingerprint density at radius 3 is 2.38 bits per heavy atom. The molecule has 138 valence electrons. The molecule has 1 N–H and O–H groups in total. The number of nitrogens with zero attached hydrogens (tertiary/aromatic N) is 4. The molecule has 1 aromatic carbocycles. The Morgan fingerprint density at radius 1 is 1.08 bits per heavy atom.